The SMILES string of the molecule is COc1ccc2c(c1)-c1c(coc1C(=O)c1ccccc1)CC2. The van der Waals surface area contributed by atoms with Crippen LogP contribution in [0.1, 0.15) is 27.2 Å². The molecular formula is C20H16O3. The molecule has 0 amide bonds. The largest absolute Gasteiger partial charge is 0.497 e. The number of fused-ring (bicyclic) bond motifs is 3. The number of furan rings is 1. The third-order valence-electron chi connectivity index (χ3n) is 4.36. The van der Waals surface area contributed by atoms with Crippen molar-refractivity contribution >= 4 is 5.78 Å². The molecule has 23 heavy (non-hydrogen) atoms. The molecule has 0 saturated heterocycles. The molecule has 0 aliphatic heterocycles. The maximum atomic E-state index is 12.8. The van der Waals surface area contributed by atoms with Gasteiger partial charge in [-0.15, -0.1) is 0 Å². The maximum absolute atomic E-state index is 12.8. The molecule has 3 heteroatoms. The first-order valence-corrected chi connectivity index (χ1v) is 7.65. The summed E-state index contributed by atoms with van der Waals surface area (Å²) in [6.45, 7) is 0. The van der Waals surface area contributed by atoms with Crippen LogP contribution in [0.5, 0.6) is 5.75 Å². The number of ketones is 1. The molecule has 0 bridgehead atoms. The van der Waals surface area contributed by atoms with Crippen molar-refractivity contribution in [2.24, 2.45) is 0 Å². The molecule has 0 fully saturated rings. The van der Waals surface area contributed by atoms with Gasteiger partial charge in [-0.25, -0.2) is 0 Å². The molecule has 1 aliphatic carbocycles. The second-order valence-corrected chi connectivity index (χ2v) is 5.68. The van der Waals surface area contributed by atoms with Crippen LogP contribution in [0.15, 0.2) is 59.2 Å². The van der Waals surface area contributed by atoms with E-state index in [4.69, 9.17) is 9.15 Å². The van der Waals surface area contributed by atoms with Gasteiger partial charge in [0.05, 0.1) is 13.4 Å². The Balaban J connectivity index is 1.87. The topological polar surface area (TPSA) is 39.4 Å². The molecule has 3 aromatic rings. The second kappa shape index (κ2) is 5.43. The van der Waals surface area contributed by atoms with Gasteiger partial charge in [-0.1, -0.05) is 36.4 Å². The van der Waals surface area contributed by atoms with E-state index in [1.807, 2.05) is 42.5 Å². The molecule has 4 rings (SSSR count). The Morgan fingerprint density at radius 2 is 1.83 bits per heavy atom. The molecule has 2 aromatic carbocycles. The zero-order valence-corrected chi connectivity index (χ0v) is 12.8. The molecule has 0 saturated carbocycles. The van der Waals surface area contributed by atoms with Crippen molar-refractivity contribution in [2.75, 3.05) is 7.11 Å². The van der Waals surface area contributed by atoms with Gasteiger partial charge in [0.2, 0.25) is 5.78 Å². The number of aryl methyl sites for hydroxylation is 2. The first-order valence-electron chi connectivity index (χ1n) is 7.65. The Morgan fingerprint density at radius 1 is 1.04 bits per heavy atom. The molecule has 0 N–H and O–H groups in total. The summed E-state index contributed by atoms with van der Waals surface area (Å²) in [6.07, 6.45) is 3.55. The van der Waals surface area contributed by atoms with E-state index in [-0.39, 0.29) is 5.78 Å². The van der Waals surface area contributed by atoms with Crippen molar-refractivity contribution in [1.82, 2.24) is 0 Å². The van der Waals surface area contributed by atoms with Crippen molar-refractivity contribution in [2.45, 2.75) is 12.8 Å². The fourth-order valence-corrected chi connectivity index (χ4v) is 3.16. The van der Waals surface area contributed by atoms with Crippen LogP contribution in [-0.2, 0) is 12.8 Å². The highest BCUT2D eigenvalue weighted by molar-refractivity contribution is 6.11. The molecule has 0 atom stereocenters. The molecule has 3 nitrogen and oxygen atoms in total. The van der Waals surface area contributed by atoms with Crippen LogP contribution in [-0.4, -0.2) is 12.9 Å². The highest BCUT2D eigenvalue weighted by Gasteiger charge is 2.27. The van der Waals surface area contributed by atoms with Gasteiger partial charge in [-0.3, -0.25) is 4.79 Å². The summed E-state index contributed by atoms with van der Waals surface area (Å²) in [7, 11) is 1.65. The Labute approximate surface area is 134 Å². The Bertz CT molecular complexity index is 875. The molecule has 0 spiro atoms. The molecule has 0 unspecified atom stereocenters. The van der Waals surface area contributed by atoms with Crippen LogP contribution < -0.4 is 4.74 Å². The average molecular weight is 304 g/mol. The summed E-state index contributed by atoms with van der Waals surface area (Å²) in [5, 5.41) is 0. The highest BCUT2D eigenvalue weighted by atomic mass is 16.5. The molecule has 0 radical (unpaired) electrons. The van der Waals surface area contributed by atoms with E-state index in [1.54, 1.807) is 13.4 Å². The number of carbonyl (C=O) groups is 1. The van der Waals surface area contributed by atoms with Crippen LogP contribution in [0.2, 0.25) is 0 Å². The van der Waals surface area contributed by atoms with Gasteiger partial charge in [0.15, 0.2) is 5.76 Å². The number of hydrogen-bond acceptors (Lipinski definition) is 3. The van der Waals surface area contributed by atoms with Gasteiger partial charge in [0.1, 0.15) is 5.75 Å². The summed E-state index contributed by atoms with van der Waals surface area (Å²) in [4.78, 5) is 12.8. The average Bonchev–Trinajstić information content (AvgIpc) is 3.06. The van der Waals surface area contributed by atoms with E-state index in [2.05, 4.69) is 6.07 Å². The van der Waals surface area contributed by atoms with Gasteiger partial charge in [-0.05, 0) is 41.7 Å². The summed E-state index contributed by atoms with van der Waals surface area (Å²) >= 11 is 0. The van der Waals surface area contributed by atoms with E-state index in [9.17, 15) is 4.79 Å². The zero-order chi connectivity index (χ0) is 15.8. The Hall–Kier alpha value is -2.81. The minimum Gasteiger partial charge on any atom is -0.497 e. The van der Waals surface area contributed by atoms with Gasteiger partial charge < -0.3 is 9.15 Å². The molecular weight excluding hydrogens is 288 g/mol. The number of carbonyl (C=O) groups excluding carboxylic acids is 1. The minimum atomic E-state index is -0.0810. The zero-order valence-electron chi connectivity index (χ0n) is 12.8. The van der Waals surface area contributed by atoms with Crippen molar-refractivity contribution in [1.29, 1.82) is 0 Å². The molecule has 1 heterocycles. The van der Waals surface area contributed by atoms with Crippen LogP contribution in [0, 0.1) is 0 Å². The van der Waals surface area contributed by atoms with E-state index in [1.165, 1.54) is 5.56 Å². The van der Waals surface area contributed by atoms with Crippen LogP contribution in [0.25, 0.3) is 11.1 Å². The highest BCUT2D eigenvalue weighted by Crippen LogP contribution is 2.39. The number of hydrogen-bond donors (Lipinski definition) is 0. The fourth-order valence-electron chi connectivity index (χ4n) is 3.16. The Kier molecular flexibility index (Phi) is 3.27. The van der Waals surface area contributed by atoms with Crippen molar-refractivity contribution < 1.29 is 13.9 Å². The number of methoxy groups -OCH3 is 1. The minimum absolute atomic E-state index is 0.0810. The number of benzene rings is 2. The van der Waals surface area contributed by atoms with Gasteiger partial charge in [-0.2, -0.15) is 0 Å². The first kappa shape index (κ1) is 13.8. The molecule has 114 valence electrons. The van der Waals surface area contributed by atoms with Crippen molar-refractivity contribution in [3.8, 4) is 16.9 Å². The smallest absolute Gasteiger partial charge is 0.228 e. The third kappa shape index (κ3) is 2.25. The Morgan fingerprint density at radius 3 is 2.61 bits per heavy atom. The first-order chi connectivity index (χ1) is 11.3. The molecule has 1 aliphatic rings. The molecule has 1 aromatic heterocycles. The number of rotatable bonds is 3. The standard InChI is InChI=1S/C20H16O3/c1-22-16-10-9-13-7-8-15-12-23-20(18(15)17(13)11-16)19(21)14-5-3-2-4-6-14/h2-6,9-12H,7-8H2,1H3. The third-order valence-corrected chi connectivity index (χ3v) is 4.36. The van der Waals surface area contributed by atoms with Crippen LogP contribution in [0.4, 0.5) is 0 Å². The van der Waals surface area contributed by atoms with Gasteiger partial charge in [0, 0.05) is 11.1 Å². The van der Waals surface area contributed by atoms with Crippen molar-refractivity contribution in [3.05, 3.63) is 77.2 Å². The second-order valence-electron chi connectivity index (χ2n) is 5.68. The lowest BCUT2D eigenvalue weighted by atomic mass is 9.85. The predicted octanol–water partition coefficient (Wildman–Crippen LogP) is 4.28. The van der Waals surface area contributed by atoms with Gasteiger partial charge in [0.25, 0.3) is 0 Å². The normalized spacial score (nSPS) is 12.4. The van der Waals surface area contributed by atoms with E-state index < -0.39 is 0 Å². The lowest BCUT2D eigenvalue weighted by molar-refractivity contribution is 0.101. The number of ether oxygens (including phenoxy) is 1. The summed E-state index contributed by atoms with van der Waals surface area (Å²) < 4.78 is 11.0. The lowest BCUT2D eigenvalue weighted by Crippen LogP contribution is -2.07. The quantitative estimate of drug-likeness (QED) is 0.678. The fraction of sp³-hybridized carbons (Fsp3) is 0.150. The monoisotopic (exact) mass is 304 g/mol. The van der Waals surface area contributed by atoms with Gasteiger partial charge >= 0.3 is 0 Å². The van der Waals surface area contributed by atoms with E-state index in [0.717, 1.165) is 35.3 Å². The van der Waals surface area contributed by atoms with Crippen molar-refractivity contribution in [3.63, 3.8) is 0 Å². The predicted molar refractivity (Wildman–Crippen MR) is 88.0 cm³/mol. The maximum Gasteiger partial charge on any atom is 0.228 e. The van der Waals surface area contributed by atoms with E-state index in [0.29, 0.717) is 11.3 Å². The van der Waals surface area contributed by atoms with Crippen LogP contribution >= 0.6 is 0 Å². The van der Waals surface area contributed by atoms with Crippen LogP contribution in [0.3, 0.4) is 0 Å². The van der Waals surface area contributed by atoms with E-state index >= 15 is 0 Å². The summed E-state index contributed by atoms with van der Waals surface area (Å²) in [5.41, 5.74) is 4.91. The summed E-state index contributed by atoms with van der Waals surface area (Å²) in [5.74, 6) is 1.12. The summed E-state index contributed by atoms with van der Waals surface area (Å²) in [6, 6.07) is 15.3. The lowest BCUT2D eigenvalue weighted by Gasteiger charge is -2.17.